The van der Waals surface area contributed by atoms with E-state index in [2.05, 4.69) is 4.72 Å². The van der Waals surface area contributed by atoms with Crippen molar-refractivity contribution in [3.05, 3.63) is 71.2 Å². The summed E-state index contributed by atoms with van der Waals surface area (Å²) in [6.07, 6.45) is 1.32. The zero-order chi connectivity index (χ0) is 19.7. The van der Waals surface area contributed by atoms with Gasteiger partial charge in [-0.25, -0.2) is 25.9 Å². The van der Waals surface area contributed by atoms with Gasteiger partial charge in [0.2, 0.25) is 10.0 Å². The monoisotopic (exact) mass is 429 g/mol. The van der Waals surface area contributed by atoms with Crippen LogP contribution in [0.25, 0.3) is 0 Å². The maximum Gasteiger partial charge on any atom is 0.240 e. The second-order valence-electron chi connectivity index (χ2n) is 5.74. The number of furan rings is 1. The van der Waals surface area contributed by atoms with Gasteiger partial charge in [-0.1, -0.05) is 6.07 Å². The molecule has 6 nitrogen and oxygen atoms in total. The number of aryl methyl sites for hydroxylation is 1. The first-order valence-corrected chi connectivity index (χ1v) is 11.7. The summed E-state index contributed by atoms with van der Waals surface area (Å²) in [6, 6.07) is 9.43. The zero-order valence-corrected chi connectivity index (χ0v) is 16.6. The van der Waals surface area contributed by atoms with Gasteiger partial charge in [0.05, 0.1) is 11.2 Å². The molecule has 1 aromatic carbocycles. The largest absolute Gasteiger partial charge is 0.468 e. The van der Waals surface area contributed by atoms with E-state index in [-0.39, 0.29) is 20.4 Å². The smallest absolute Gasteiger partial charge is 0.240 e. The average molecular weight is 430 g/mol. The van der Waals surface area contributed by atoms with Gasteiger partial charge in [0, 0.05) is 6.54 Å². The van der Waals surface area contributed by atoms with Crippen molar-refractivity contribution in [2.24, 2.45) is 0 Å². The Balaban J connectivity index is 1.90. The predicted octanol–water partition coefficient (Wildman–Crippen LogP) is 3.28. The van der Waals surface area contributed by atoms with E-state index in [0.717, 1.165) is 23.5 Å². The first-order valence-electron chi connectivity index (χ1n) is 7.78. The van der Waals surface area contributed by atoms with E-state index < -0.39 is 37.5 Å². The van der Waals surface area contributed by atoms with Crippen molar-refractivity contribution in [1.29, 1.82) is 0 Å². The third-order valence-corrected chi connectivity index (χ3v) is 8.82. The third kappa shape index (κ3) is 4.13. The lowest BCUT2D eigenvalue weighted by atomic mass is 10.2. The number of benzene rings is 1. The molecule has 0 amide bonds. The topological polar surface area (TPSA) is 93.4 Å². The molecule has 144 valence electrons. The molecular formula is C17H16FNO5S3. The number of thiophene rings is 1. The van der Waals surface area contributed by atoms with Crippen LogP contribution in [0.2, 0.25) is 0 Å². The quantitative estimate of drug-likeness (QED) is 0.622. The summed E-state index contributed by atoms with van der Waals surface area (Å²) >= 11 is 1.04. The number of hydrogen-bond acceptors (Lipinski definition) is 6. The summed E-state index contributed by atoms with van der Waals surface area (Å²) in [4.78, 5) is -0.145. The van der Waals surface area contributed by atoms with Gasteiger partial charge >= 0.3 is 0 Å². The van der Waals surface area contributed by atoms with E-state index in [1.165, 1.54) is 37.5 Å². The first-order chi connectivity index (χ1) is 12.7. The van der Waals surface area contributed by atoms with Gasteiger partial charge in [-0.05, 0) is 54.3 Å². The van der Waals surface area contributed by atoms with E-state index in [4.69, 9.17) is 4.42 Å². The van der Waals surface area contributed by atoms with E-state index in [9.17, 15) is 21.2 Å². The number of hydrogen-bond donors (Lipinski definition) is 1. The highest BCUT2D eigenvalue weighted by Crippen LogP contribution is 2.31. The highest BCUT2D eigenvalue weighted by Gasteiger charge is 2.33. The fraction of sp³-hybridized carbons (Fsp3) is 0.176. The maximum absolute atomic E-state index is 13.4. The number of sulfonamides is 1. The van der Waals surface area contributed by atoms with Crippen LogP contribution in [0, 0.1) is 12.7 Å². The van der Waals surface area contributed by atoms with Crippen LogP contribution in [0.3, 0.4) is 0 Å². The van der Waals surface area contributed by atoms with Crippen molar-refractivity contribution in [2.75, 3.05) is 6.54 Å². The van der Waals surface area contributed by atoms with Gasteiger partial charge in [0.15, 0.2) is 9.84 Å². The van der Waals surface area contributed by atoms with Gasteiger partial charge < -0.3 is 4.42 Å². The Morgan fingerprint density at radius 2 is 1.93 bits per heavy atom. The fourth-order valence-electron chi connectivity index (χ4n) is 2.46. The molecule has 2 heterocycles. The molecule has 0 unspecified atom stereocenters. The number of nitrogens with one attached hydrogen (secondary N) is 1. The van der Waals surface area contributed by atoms with Crippen LogP contribution in [0.1, 0.15) is 16.6 Å². The number of halogens is 1. The van der Waals surface area contributed by atoms with Crippen LogP contribution in [0.4, 0.5) is 4.39 Å². The van der Waals surface area contributed by atoms with E-state index in [1.54, 1.807) is 11.4 Å². The summed E-state index contributed by atoms with van der Waals surface area (Å²) in [6.45, 7) is 1.02. The summed E-state index contributed by atoms with van der Waals surface area (Å²) < 4.78 is 71.9. The van der Waals surface area contributed by atoms with E-state index in [0.29, 0.717) is 0 Å². The van der Waals surface area contributed by atoms with Crippen molar-refractivity contribution in [3.63, 3.8) is 0 Å². The van der Waals surface area contributed by atoms with Crippen LogP contribution in [0.5, 0.6) is 0 Å². The molecule has 0 bridgehead atoms. The molecule has 1 atom stereocenters. The molecule has 1 N–H and O–H groups in total. The molecule has 2 aromatic heterocycles. The Morgan fingerprint density at radius 1 is 1.15 bits per heavy atom. The van der Waals surface area contributed by atoms with Crippen LogP contribution >= 0.6 is 11.3 Å². The minimum Gasteiger partial charge on any atom is -0.468 e. The van der Waals surface area contributed by atoms with Crippen molar-refractivity contribution in [1.82, 2.24) is 4.72 Å². The Bertz CT molecular complexity index is 1120. The SMILES string of the molecule is Cc1cc(S(=O)(=O)NC[C@@H](c2ccco2)S(=O)(=O)c2cccs2)ccc1F. The second-order valence-corrected chi connectivity index (χ2v) is 10.8. The van der Waals surface area contributed by atoms with Gasteiger partial charge in [-0.3, -0.25) is 0 Å². The summed E-state index contributed by atoms with van der Waals surface area (Å²) in [5.74, 6) is -0.399. The average Bonchev–Trinajstić information content (AvgIpc) is 3.30. The number of sulfone groups is 1. The highest BCUT2D eigenvalue weighted by atomic mass is 32.2. The van der Waals surface area contributed by atoms with Gasteiger partial charge in [-0.15, -0.1) is 11.3 Å². The van der Waals surface area contributed by atoms with Crippen molar-refractivity contribution < 1.29 is 25.6 Å². The molecule has 27 heavy (non-hydrogen) atoms. The van der Waals surface area contributed by atoms with Gasteiger partial charge in [0.25, 0.3) is 0 Å². The standard InChI is InChI=1S/C17H16FNO5S3/c1-12-10-13(6-7-14(12)18)27(22,23)19-11-16(15-4-2-8-24-15)26(20,21)17-5-3-9-25-17/h2-10,16,19H,11H2,1H3/t16-/m0/s1. The van der Waals surface area contributed by atoms with Gasteiger partial charge in [0.1, 0.15) is 21.0 Å². The third-order valence-electron chi connectivity index (χ3n) is 3.91. The lowest BCUT2D eigenvalue weighted by molar-refractivity contribution is 0.487. The Labute approximate surface area is 160 Å². The van der Waals surface area contributed by atoms with E-state index in [1.807, 2.05) is 0 Å². The Hall–Kier alpha value is -2.01. The molecule has 0 saturated carbocycles. The van der Waals surface area contributed by atoms with Crippen LogP contribution in [0.15, 0.2) is 67.6 Å². The molecule has 3 aromatic rings. The minimum atomic E-state index is -4.03. The number of rotatable bonds is 7. The first kappa shape index (κ1) is 19.7. The minimum absolute atomic E-state index is 0.112. The molecule has 0 spiro atoms. The van der Waals surface area contributed by atoms with Crippen molar-refractivity contribution >= 4 is 31.2 Å². The molecule has 10 heteroatoms. The Morgan fingerprint density at radius 3 is 2.52 bits per heavy atom. The van der Waals surface area contributed by atoms with Crippen molar-refractivity contribution in [3.8, 4) is 0 Å². The molecule has 0 aliphatic carbocycles. The molecular weight excluding hydrogens is 413 g/mol. The lowest BCUT2D eigenvalue weighted by Crippen LogP contribution is -2.31. The highest BCUT2D eigenvalue weighted by molar-refractivity contribution is 7.93. The fourth-order valence-corrected chi connectivity index (χ4v) is 6.49. The Kier molecular flexibility index (Phi) is 5.52. The molecule has 3 rings (SSSR count). The predicted molar refractivity (Wildman–Crippen MR) is 99.3 cm³/mol. The van der Waals surface area contributed by atoms with Crippen LogP contribution in [-0.2, 0) is 19.9 Å². The molecule has 0 aliphatic rings. The molecule has 0 aliphatic heterocycles. The second kappa shape index (κ2) is 7.55. The maximum atomic E-state index is 13.4. The molecule has 0 saturated heterocycles. The van der Waals surface area contributed by atoms with Gasteiger partial charge in [-0.2, -0.15) is 0 Å². The lowest BCUT2D eigenvalue weighted by Gasteiger charge is -2.16. The van der Waals surface area contributed by atoms with E-state index >= 15 is 0 Å². The zero-order valence-electron chi connectivity index (χ0n) is 14.1. The van der Waals surface area contributed by atoms with Crippen molar-refractivity contribution in [2.45, 2.75) is 21.3 Å². The molecule has 0 radical (unpaired) electrons. The summed E-state index contributed by atoms with van der Waals surface area (Å²) in [7, 11) is -7.90. The normalized spacial score (nSPS) is 13.6. The van der Waals surface area contributed by atoms with Crippen LogP contribution in [-0.4, -0.2) is 23.4 Å². The summed E-state index contributed by atoms with van der Waals surface area (Å²) in [5, 5.41) is 0.389. The molecule has 0 fully saturated rings. The van der Waals surface area contributed by atoms with Crippen LogP contribution < -0.4 is 4.72 Å². The summed E-state index contributed by atoms with van der Waals surface area (Å²) in [5.41, 5.74) is 0.173.